The van der Waals surface area contributed by atoms with Crippen molar-refractivity contribution in [2.75, 3.05) is 0 Å². The van der Waals surface area contributed by atoms with E-state index in [1.54, 1.807) is 6.92 Å². The van der Waals surface area contributed by atoms with E-state index in [9.17, 15) is 4.79 Å². The van der Waals surface area contributed by atoms with Gasteiger partial charge in [-0.05, 0) is 38.0 Å². The van der Waals surface area contributed by atoms with Gasteiger partial charge in [-0.2, -0.15) is 0 Å². The Balaban J connectivity index is 2.37. The Morgan fingerprint density at radius 1 is 1.36 bits per heavy atom. The third-order valence-corrected chi connectivity index (χ3v) is 3.50. The molecule has 0 heterocycles. The molecule has 0 aromatic heterocycles. The highest BCUT2D eigenvalue weighted by Gasteiger charge is 2.26. The van der Waals surface area contributed by atoms with Crippen molar-refractivity contribution >= 4 is 17.5 Å². The summed E-state index contributed by atoms with van der Waals surface area (Å²) in [7, 11) is 0. The Morgan fingerprint density at radius 3 is 2.50 bits per heavy atom. The van der Waals surface area contributed by atoms with Crippen molar-refractivity contribution in [2.24, 2.45) is 11.8 Å². The van der Waals surface area contributed by atoms with Crippen molar-refractivity contribution in [1.82, 2.24) is 5.32 Å². The van der Waals surface area contributed by atoms with Crippen molar-refractivity contribution in [2.45, 2.75) is 51.5 Å². The third-order valence-electron chi connectivity index (χ3n) is 3.31. The first-order chi connectivity index (χ1) is 6.50. The quantitative estimate of drug-likeness (QED) is 0.708. The van der Waals surface area contributed by atoms with E-state index in [1.165, 1.54) is 6.42 Å². The second kappa shape index (κ2) is 5.01. The lowest BCUT2D eigenvalue weighted by atomic mass is 9.79. The molecular formula is C11H20ClNO. The van der Waals surface area contributed by atoms with Gasteiger partial charge >= 0.3 is 0 Å². The predicted octanol–water partition coefficient (Wildman–Crippen LogP) is 2.55. The summed E-state index contributed by atoms with van der Waals surface area (Å²) in [5.41, 5.74) is 0. The van der Waals surface area contributed by atoms with E-state index in [2.05, 4.69) is 19.2 Å². The number of nitrogens with one attached hydrogen (secondary N) is 1. The normalized spacial score (nSPS) is 35.0. The lowest BCUT2D eigenvalue weighted by molar-refractivity contribution is -0.121. The van der Waals surface area contributed by atoms with Crippen LogP contribution in [0.25, 0.3) is 0 Å². The summed E-state index contributed by atoms with van der Waals surface area (Å²) in [5, 5.41) is 2.59. The molecule has 14 heavy (non-hydrogen) atoms. The molecule has 0 spiro atoms. The average molecular weight is 218 g/mol. The Bertz CT molecular complexity index is 205. The molecule has 2 nitrogen and oxygen atoms in total. The number of hydrogen-bond acceptors (Lipinski definition) is 1. The molecule has 1 aliphatic rings. The van der Waals surface area contributed by atoms with Crippen LogP contribution >= 0.6 is 11.6 Å². The van der Waals surface area contributed by atoms with E-state index >= 15 is 0 Å². The summed E-state index contributed by atoms with van der Waals surface area (Å²) in [6, 6.07) is 0.342. The minimum Gasteiger partial charge on any atom is -0.352 e. The van der Waals surface area contributed by atoms with Crippen LogP contribution in [0.1, 0.15) is 40.0 Å². The van der Waals surface area contributed by atoms with Crippen LogP contribution in [0.15, 0.2) is 0 Å². The largest absolute Gasteiger partial charge is 0.352 e. The molecular weight excluding hydrogens is 198 g/mol. The van der Waals surface area contributed by atoms with Gasteiger partial charge in [-0.1, -0.05) is 13.8 Å². The van der Waals surface area contributed by atoms with Gasteiger partial charge in [0.15, 0.2) is 0 Å². The van der Waals surface area contributed by atoms with Gasteiger partial charge in [-0.15, -0.1) is 11.6 Å². The monoisotopic (exact) mass is 217 g/mol. The van der Waals surface area contributed by atoms with Gasteiger partial charge in [0.2, 0.25) is 5.91 Å². The predicted molar refractivity (Wildman–Crippen MR) is 59.4 cm³/mol. The highest BCUT2D eigenvalue weighted by Crippen LogP contribution is 2.29. The number of amides is 1. The number of alkyl halides is 1. The molecule has 0 saturated heterocycles. The fourth-order valence-corrected chi connectivity index (χ4v) is 2.06. The van der Waals surface area contributed by atoms with Gasteiger partial charge in [0, 0.05) is 6.04 Å². The fraction of sp³-hybridized carbons (Fsp3) is 0.909. The first-order valence-corrected chi connectivity index (χ1v) is 5.88. The minimum absolute atomic E-state index is 0.0292. The summed E-state index contributed by atoms with van der Waals surface area (Å²) >= 11 is 5.70. The fourth-order valence-electron chi connectivity index (χ4n) is 1.99. The molecule has 1 rings (SSSR count). The maximum Gasteiger partial charge on any atom is 0.237 e. The Morgan fingerprint density at radius 2 is 2.00 bits per heavy atom. The van der Waals surface area contributed by atoms with Crippen molar-refractivity contribution in [1.29, 1.82) is 0 Å². The van der Waals surface area contributed by atoms with Gasteiger partial charge in [0.1, 0.15) is 5.38 Å². The van der Waals surface area contributed by atoms with Crippen LogP contribution in [-0.4, -0.2) is 17.3 Å². The van der Waals surface area contributed by atoms with E-state index in [-0.39, 0.29) is 5.91 Å². The topological polar surface area (TPSA) is 29.1 Å². The summed E-state index contributed by atoms with van der Waals surface area (Å²) in [5.74, 6) is 1.47. The average Bonchev–Trinajstić information content (AvgIpc) is 2.11. The van der Waals surface area contributed by atoms with Crippen molar-refractivity contribution in [3.05, 3.63) is 0 Å². The molecule has 0 bridgehead atoms. The van der Waals surface area contributed by atoms with Crippen LogP contribution in [0.2, 0.25) is 0 Å². The maximum atomic E-state index is 11.4. The number of hydrogen-bond donors (Lipinski definition) is 1. The zero-order valence-corrected chi connectivity index (χ0v) is 9.97. The SMILES string of the molecule is CC(Cl)C(=O)NC1CCC(C)C(C)C1. The highest BCUT2D eigenvalue weighted by molar-refractivity contribution is 6.30. The summed E-state index contributed by atoms with van der Waals surface area (Å²) in [4.78, 5) is 11.4. The standard InChI is InChI=1S/C11H20ClNO/c1-7-4-5-10(6-8(7)2)13-11(14)9(3)12/h7-10H,4-6H2,1-3H3,(H,13,14). The van der Waals surface area contributed by atoms with E-state index in [0.717, 1.165) is 18.8 Å². The second-order valence-corrected chi connectivity index (χ2v) is 5.24. The van der Waals surface area contributed by atoms with Crippen molar-refractivity contribution in [3.63, 3.8) is 0 Å². The zero-order chi connectivity index (χ0) is 10.7. The smallest absolute Gasteiger partial charge is 0.237 e. The molecule has 1 saturated carbocycles. The number of carbonyl (C=O) groups is 1. The van der Waals surface area contributed by atoms with Gasteiger partial charge < -0.3 is 5.32 Å². The summed E-state index contributed by atoms with van der Waals surface area (Å²) in [6.45, 7) is 6.26. The molecule has 1 fully saturated rings. The molecule has 0 radical (unpaired) electrons. The maximum absolute atomic E-state index is 11.4. The van der Waals surface area contributed by atoms with E-state index in [1.807, 2.05) is 0 Å². The Hall–Kier alpha value is -0.240. The molecule has 3 heteroatoms. The molecule has 4 unspecified atom stereocenters. The highest BCUT2D eigenvalue weighted by atomic mass is 35.5. The van der Waals surface area contributed by atoms with Gasteiger partial charge in [0.25, 0.3) is 0 Å². The van der Waals surface area contributed by atoms with Gasteiger partial charge in [-0.25, -0.2) is 0 Å². The van der Waals surface area contributed by atoms with Crippen LogP contribution in [-0.2, 0) is 4.79 Å². The number of rotatable bonds is 2. The number of halogens is 1. The first-order valence-electron chi connectivity index (χ1n) is 5.45. The third kappa shape index (κ3) is 3.16. The van der Waals surface area contributed by atoms with Crippen LogP contribution in [0, 0.1) is 11.8 Å². The van der Waals surface area contributed by atoms with E-state index < -0.39 is 5.38 Å². The molecule has 0 aliphatic heterocycles. The van der Waals surface area contributed by atoms with Crippen LogP contribution in [0.4, 0.5) is 0 Å². The molecule has 0 aromatic carbocycles. The summed E-state index contributed by atoms with van der Waals surface area (Å²) < 4.78 is 0. The van der Waals surface area contributed by atoms with Crippen LogP contribution < -0.4 is 5.32 Å². The van der Waals surface area contributed by atoms with Crippen molar-refractivity contribution < 1.29 is 4.79 Å². The first kappa shape index (κ1) is 11.8. The van der Waals surface area contributed by atoms with Crippen molar-refractivity contribution in [3.8, 4) is 0 Å². The van der Waals surface area contributed by atoms with Gasteiger partial charge in [-0.3, -0.25) is 4.79 Å². The van der Waals surface area contributed by atoms with Gasteiger partial charge in [0.05, 0.1) is 0 Å². The number of carbonyl (C=O) groups excluding carboxylic acids is 1. The lowest BCUT2D eigenvalue weighted by Gasteiger charge is -2.32. The van der Waals surface area contributed by atoms with Crippen LogP contribution in [0.3, 0.4) is 0 Å². The van der Waals surface area contributed by atoms with E-state index in [0.29, 0.717) is 12.0 Å². The summed E-state index contributed by atoms with van der Waals surface area (Å²) in [6.07, 6.45) is 3.40. The zero-order valence-electron chi connectivity index (χ0n) is 9.22. The molecule has 0 aromatic rings. The molecule has 1 amide bonds. The molecule has 1 N–H and O–H groups in total. The minimum atomic E-state index is -0.412. The molecule has 4 atom stereocenters. The second-order valence-electron chi connectivity index (χ2n) is 4.59. The molecule has 82 valence electrons. The Labute approximate surface area is 91.4 Å². The van der Waals surface area contributed by atoms with E-state index in [4.69, 9.17) is 11.6 Å². The Kier molecular flexibility index (Phi) is 4.24. The van der Waals surface area contributed by atoms with Crippen LogP contribution in [0.5, 0.6) is 0 Å². The molecule has 1 aliphatic carbocycles. The lowest BCUT2D eigenvalue weighted by Crippen LogP contribution is -2.42.